The summed E-state index contributed by atoms with van der Waals surface area (Å²) in [4.78, 5) is 0. The molecule has 28 heavy (non-hydrogen) atoms. The second kappa shape index (κ2) is 8.79. The molecule has 1 nitrogen and oxygen atoms in total. The number of rotatable bonds is 5. The van der Waals surface area contributed by atoms with Gasteiger partial charge in [-0.2, -0.15) is 0 Å². The molecule has 1 aromatic heterocycles. The van der Waals surface area contributed by atoms with Crippen LogP contribution in [0.4, 0.5) is 0 Å². The Morgan fingerprint density at radius 3 is 1.75 bits per heavy atom. The van der Waals surface area contributed by atoms with Gasteiger partial charge < -0.3 is 0 Å². The molecule has 1 heteroatoms. The highest BCUT2D eigenvalue weighted by Crippen LogP contribution is 2.28. The van der Waals surface area contributed by atoms with E-state index in [0.717, 1.165) is 22.6 Å². The van der Waals surface area contributed by atoms with Crippen LogP contribution < -0.4 is 0 Å². The molecule has 134 valence electrons. The molecule has 0 unspecified atom stereocenters. The minimum absolute atomic E-state index is 0.818. The van der Waals surface area contributed by atoms with Crippen molar-refractivity contribution in [1.29, 1.82) is 0 Å². The van der Waals surface area contributed by atoms with Crippen LogP contribution in [0.5, 0.6) is 0 Å². The molecule has 0 spiro atoms. The van der Waals surface area contributed by atoms with Gasteiger partial charge in [-0.3, -0.25) is 0 Å². The van der Waals surface area contributed by atoms with Gasteiger partial charge in [-0.25, -0.2) is 4.42 Å². The van der Waals surface area contributed by atoms with E-state index in [4.69, 9.17) is 4.42 Å². The van der Waals surface area contributed by atoms with Crippen LogP contribution in [0.25, 0.3) is 34.6 Å². The van der Waals surface area contributed by atoms with Crippen molar-refractivity contribution in [2.45, 2.75) is 0 Å². The summed E-state index contributed by atoms with van der Waals surface area (Å²) in [5.41, 5.74) is 4.55. The maximum Gasteiger partial charge on any atom is 0.361 e. The van der Waals surface area contributed by atoms with E-state index >= 15 is 0 Å². The van der Waals surface area contributed by atoms with Gasteiger partial charge in [0.1, 0.15) is 0 Å². The number of hydrogen-bond donors (Lipinski definition) is 0. The molecule has 0 aliphatic rings. The van der Waals surface area contributed by atoms with Crippen LogP contribution in [0, 0.1) is 0 Å². The van der Waals surface area contributed by atoms with Crippen LogP contribution in [0.2, 0.25) is 0 Å². The van der Waals surface area contributed by atoms with Crippen LogP contribution >= 0.6 is 0 Å². The zero-order valence-corrected chi connectivity index (χ0v) is 15.5. The maximum absolute atomic E-state index is 6.16. The van der Waals surface area contributed by atoms with Gasteiger partial charge >= 0.3 is 11.5 Å². The van der Waals surface area contributed by atoms with Gasteiger partial charge in [0.25, 0.3) is 0 Å². The van der Waals surface area contributed by atoms with Crippen molar-refractivity contribution in [1.82, 2.24) is 0 Å². The summed E-state index contributed by atoms with van der Waals surface area (Å²) >= 11 is 0. The van der Waals surface area contributed by atoms with Crippen molar-refractivity contribution in [3.8, 4) is 22.5 Å². The Morgan fingerprint density at radius 1 is 0.500 bits per heavy atom. The molecule has 0 bridgehead atoms. The zero-order valence-electron chi connectivity index (χ0n) is 15.5. The van der Waals surface area contributed by atoms with E-state index in [0.29, 0.717) is 0 Å². The Bertz CT molecular complexity index is 1020. The van der Waals surface area contributed by atoms with Crippen LogP contribution in [-0.4, -0.2) is 0 Å². The van der Waals surface area contributed by atoms with Gasteiger partial charge in [-0.05, 0) is 23.3 Å². The predicted octanol–water partition coefficient (Wildman–Crippen LogP) is 7.62. The Balaban J connectivity index is 1.68. The first-order valence-corrected chi connectivity index (χ1v) is 9.37. The lowest BCUT2D eigenvalue weighted by molar-refractivity contribution is 0.556. The molecule has 4 aromatic rings. The van der Waals surface area contributed by atoms with E-state index in [1.807, 2.05) is 60.7 Å². The fourth-order valence-corrected chi connectivity index (χ4v) is 3.03. The Morgan fingerprint density at radius 2 is 1.07 bits per heavy atom. The standard InChI is InChI=1S/C27H21O/c1-4-12-22(13-5-1)14-10-11-19-26-20-25(23-15-6-2-7-16-23)21-27(28-26)24-17-8-3-9-18-24/h1-21H/q+1/b14-10+,19-11+. The van der Waals surface area contributed by atoms with Crippen LogP contribution in [0.3, 0.4) is 0 Å². The lowest BCUT2D eigenvalue weighted by atomic mass is 10.0. The van der Waals surface area contributed by atoms with Gasteiger partial charge in [-0.1, -0.05) is 97.1 Å². The third kappa shape index (κ3) is 4.52. The van der Waals surface area contributed by atoms with Crippen LogP contribution in [-0.2, 0) is 0 Å². The molecule has 0 fully saturated rings. The van der Waals surface area contributed by atoms with Gasteiger partial charge in [0, 0.05) is 11.6 Å². The Kier molecular flexibility index (Phi) is 5.55. The van der Waals surface area contributed by atoms with E-state index in [-0.39, 0.29) is 0 Å². The fourth-order valence-electron chi connectivity index (χ4n) is 3.03. The highest BCUT2D eigenvalue weighted by Gasteiger charge is 2.16. The molecule has 0 saturated heterocycles. The predicted molar refractivity (Wildman–Crippen MR) is 118 cm³/mol. The highest BCUT2D eigenvalue weighted by molar-refractivity contribution is 5.71. The van der Waals surface area contributed by atoms with Crippen molar-refractivity contribution in [2.24, 2.45) is 0 Å². The molecule has 0 N–H and O–H groups in total. The van der Waals surface area contributed by atoms with Gasteiger partial charge in [0.2, 0.25) is 0 Å². The largest absolute Gasteiger partial charge is 0.361 e. The van der Waals surface area contributed by atoms with Gasteiger partial charge in [-0.15, -0.1) is 0 Å². The van der Waals surface area contributed by atoms with Crippen LogP contribution in [0.1, 0.15) is 11.3 Å². The van der Waals surface area contributed by atoms with Crippen molar-refractivity contribution in [3.63, 3.8) is 0 Å². The molecule has 0 radical (unpaired) electrons. The molecule has 0 atom stereocenters. The summed E-state index contributed by atoms with van der Waals surface area (Å²) in [6, 6.07) is 35.0. The summed E-state index contributed by atoms with van der Waals surface area (Å²) in [5.74, 6) is 1.67. The SMILES string of the molecule is C(/C=C/c1cc(-c2ccccc2)cc(-c2ccccc2)[o+]1)=C\c1ccccc1. The average Bonchev–Trinajstić information content (AvgIpc) is 2.78. The first-order valence-electron chi connectivity index (χ1n) is 9.37. The first kappa shape index (κ1) is 17.7. The Hall–Kier alpha value is -3.71. The topological polar surface area (TPSA) is 11.3 Å². The van der Waals surface area contributed by atoms with Gasteiger partial charge in [0.15, 0.2) is 0 Å². The zero-order chi connectivity index (χ0) is 19.0. The molecular weight excluding hydrogens is 340 g/mol. The highest BCUT2D eigenvalue weighted by atomic mass is 16.3. The van der Waals surface area contributed by atoms with Crippen molar-refractivity contribution >= 4 is 12.2 Å². The Labute approximate surface area is 165 Å². The number of benzene rings is 3. The first-order chi connectivity index (χ1) is 13.9. The molecule has 4 rings (SSSR count). The molecule has 0 amide bonds. The normalized spacial score (nSPS) is 11.3. The van der Waals surface area contributed by atoms with Crippen molar-refractivity contribution in [3.05, 3.63) is 127 Å². The third-order valence-electron chi connectivity index (χ3n) is 4.44. The lowest BCUT2D eigenvalue weighted by Gasteiger charge is -2.00. The van der Waals surface area contributed by atoms with E-state index in [9.17, 15) is 0 Å². The molecule has 0 aliphatic heterocycles. The second-order valence-corrected chi connectivity index (χ2v) is 6.47. The molecule has 0 aliphatic carbocycles. The van der Waals surface area contributed by atoms with Crippen molar-refractivity contribution in [2.75, 3.05) is 0 Å². The van der Waals surface area contributed by atoms with E-state index in [2.05, 4.69) is 66.7 Å². The van der Waals surface area contributed by atoms with E-state index in [1.54, 1.807) is 0 Å². The minimum atomic E-state index is 0.818. The average molecular weight is 361 g/mol. The molecule has 1 heterocycles. The maximum atomic E-state index is 6.16. The van der Waals surface area contributed by atoms with Gasteiger partial charge in [0.05, 0.1) is 17.7 Å². The quantitative estimate of drug-likeness (QED) is 0.263. The summed E-state index contributed by atoms with van der Waals surface area (Å²) in [6.45, 7) is 0. The number of hydrogen-bond acceptors (Lipinski definition) is 0. The summed E-state index contributed by atoms with van der Waals surface area (Å²) in [5, 5.41) is 0. The van der Waals surface area contributed by atoms with Crippen molar-refractivity contribution < 1.29 is 4.42 Å². The molecular formula is C27H21O+. The summed E-state index contributed by atoms with van der Waals surface area (Å²) in [6.07, 6.45) is 8.12. The smallest absolute Gasteiger partial charge is 0.207 e. The second-order valence-electron chi connectivity index (χ2n) is 6.47. The number of allylic oxidation sites excluding steroid dienone is 2. The minimum Gasteiger partial charge on any atom is -0.207 e. The fraction of sp³-hybridized carbons (Fsp3) is 0. The molecule has 0 saturated carbocycles. The third-order valence-corrected chi connectivity index (χ3v) is 4.44. The van der Waals surface area contributed by atoms with Crippen LogP contribution in [0.15, 0.2) is 120 Å². The molecule has 3 aromatic carbocycles. The van der Waals surface area contributed by atoms with E-state index in [1.165, 1.54) is 11.1 Å². The monoisotopic (exact) mass is 361 g/mol. The lowest BCUT2D eigenvalue weighted by Crippen LogP contribution is -1.84. The summed E-state index contributed by atoms with van der Waals surface area (Å²) < 4.78 is 6.16. The summed E-state index contributed by atoms with van der Waals surface area (Å²) in [7, 11) is 0. The van der Waals surface area contributed by atoms with E-state index < -0.39 is 0 Å².